The van der Waals surface area contributed by atoms with Crippen molar-refractivity contribution in [2.24, 2.45) is 0 Å². The van der Waals surface area contributed by atoms with Crippen LogP contribution in [0, 0.1) is 0 Å². The number of nitrogens with zero attached hydrogens (tertiary/aromatic N) is 1. The molecule has 0 aliphatic rings. The molecule has 1 aromatic heterocycles. The fraction of sp³-hybridized carbons (Fsp3) is 0.111. The van der Waals surface area contributed by atoms with Gasteiger partial charge in [0, 0.05) is 16.7 Å². The molecular weight excluding hydrogens is 312 g/mol. The van der Waals surface area contributed by atoms with E-state index in [2.05, 4.69) is 10.5 Å². The molecule has 0 atom stereocenters. The van der Waals surface area contributed by atoms with Crippen molar-refractivity contribution >= 4 is 17.5 Å². The summed E-state index contributed by atoms with van der Waals surface area (Å²) in [7, 11) is 0. The van der Waals surface area contributed by atoms with Crippen molar-refractivity contribution in [3.63, 3.8) is 0 Å². The van der Waals surface area contributed by atoms with Gasteiger partial charge in [0.15, 0.2) is 5.76 Å². The summed E-state index contributed by atoms with van der Waals surface area (Å²) in [5, 5.41) is 7.48. The quantitative estimate of drug-likeness (QED) is 0.774. The highest BCUT2D eigenvalue weighted by Gasteiger charge is 2.08. The second-order valence-corrected chi connectivity index (χ2v) is 5.56. The lowest BCUT2D eigenvalue weighted by molar-refractivity contribution is -0.120. The summed E-state index contributed by atoms with van der Waals surface area (Å²) in [5.74, 6) is 0.598. The fourth-order valence-electron chi connectivity index (χ4n) is 2.18. The first-order chi connectivity index (χ1) is 11.2. The van der Waals surface area contributed by atoms with Crippen LogP contribution in [0.15, 0.2) is 65.2 Å². The Bertz CT molecular complexity index is 782. The van der Waals surface area contributed by atoms with Crippen LogP contribution in [0.4, 0.5) is 0 Å². The molecule has 2 aromatic carbocycles. The fourth-order valence-corrected chi connectivity index (χ4v) is 2.30. The summed E-state index contributed by atoms with van der Waals surface area (Å²) in [6, 6.07) is 18.7. The van der Waals surface area contributed by atoms with E-state index in [0.717, 1.165) is 11.1 Å². The van der Waals surface area contributed by atoms with Gasteiger partial charge in [0.05, 0.1) is 13.0 Å². The van der Waals surface area contributed by atoms with E-state index >= 15 is 0 Å². The third-order valence-electron chi connectivity index (χ3n) is 3.36. The maximum Gasteiger partial charge on any atom is 0.224 e. The van der Waals surface area contributed by atoms with Crippen LogP contribution >= 0.6 is 11.6 Å². The van der Waals surface area contributed by atoms with E-state index in [1.165, 1.54) is 0 Å². The van der Waals surface area contributed by atoms with Gasteiger partial charge in [-0.1, -0.05) is 47.1 Å². The summed E-state index contributed by atoms with van der Waals surface area (Å²) in [6.45, 7) is 0.336. The second-order valence-electron chi connectivity index (χ2n) is 5.13. The number of hydrogen-bond donors (Lipinski definition) is 1. The van der Waals surface area contributed by atoms with E-state index in [0.29, 0.717) is 29.4 Å². The number of rotatable bonds is 5. The predicted molar refractivity (Wildman–Crippen MR) is 88.9 cm³/mol. The number of aromatic nitrogens is 1. The van der Waals surface area contributed by atoms with Crippen LogP contribution in [0.25, 0.3) is 11.3 Å². The van der Waals surface area contributed by atoms with Gasteiger partial charge in [0.2, 0.25) is 5.91 Å². The summed E-state index contributed by atoms with van der Waals surface area (Å²) < 4.78 is 5.30. The van der Waals surface area contributed by atoms with Crippen molar-refractivity contribution in [3.8, 4) is 11.3 Å². The minimum atomic E-state index is -0.0488. The second kappa shape index (κ2) is 7.11. The lowest BCUT2D eigenvalue weighted by Gasteiger charge is -2.02. The first-order valence-electron chi connectivity index (χ1n) is 7.23. The van der Waals surface area contributed by atoms with E-state index in [1.54, 1.807) is 12.1 Å². The Balaban J connectivity index is 1.57. The Morgan fingerprint density at radius 3 is 2.57 bits per heavy atom. The SMILES string of the molecule is O=C(Cc1ccccc1)NCc1cc(-c2ccc(Cl)cc2)on1. The van der Waals surface area contributed by atoms with Gasteiger partial charge < -0.3 is 9.84 Å². The Morgan fingerprint density at radius 2 is 1.83 bits per heavy atom. The van der Waals surface area contributed by atoms with Gasteiger partial charge >= 0.3 is 0 Å². The van der Waals surface area contributed by atoms with E-state index < -0.39 is 0 Å². The van der Waals surface area contributed by atoms with Crippen LogP contribution in [-0.2, 0) is 17.8 Å². The molecule has 3 aromatic rings. The molecule has 1 heterocycles. The number of hydrogen-bond acceptors (Lipinski definition) is 3. The van der Waals surface area contributed by atoms with Crippen LogP contribution in [0.3, 0.4) is 0 Å². The minimum Gasteiger partial charge on any atom is -0.356 e. The van der Waals surface area contributed by atoms with Gasteiger partial charge in [-0.3, -0.25) is 4.79 Å². The Morgan fingerprint density at radius 1 is 1.09 bits per heavy atom. The lowest BCUT2D eigenvalue weighted by atomic mass is 10.1. The van der Waals surface area contributed by atoms with Crippen molar-refractivity contribution in [1.29, 1.82) is 0 Å². The topological polar surface area (TPSA) is 55.1 Å². The molecule has 0 aliphatic heterocycles. The monoisotopic (exact) mass is 326 g/mol. The summed E-state index contributed by atoms with van der Waals surface area (Å²) in [4.78, 5) is 11.9. The molecule has 3 rings (SSSR count). The van der Waals surface area contributed by atoms with Crippen LogP contribution in [0.1, 0.15) is 11.3 Å². The molecule has 0 saturated heterocycles. The van der Waals surface area contributed by atoms with Crippen LogP contribution in [0.5, 0.6) is 0 Å². The average Bonchev–Trinajstić information content (AvgIpc) is 3.04. The van der Waals surface area contributed by atoms with Crippen molar-refractivity contribution < 1.29 is 9.32 Å². The summed E-state index contributed by atoms with van der Waals surface area (Å²) in [6.07, 6.45) is 0.350. The molecule has 0 aliphatic carbocycles. The molecule has 0 unspecified atom stereocenters. The molecule has 23 heavy (non-hydrogen) atoms. The molecule has 1 N–H and O–H groups in total. The van der Waals surface area contributed by atoms with Gasteiger partial charge in [0.1, 0.15) is 5.69 Å². The summed E-state index contributed by atoms with van der Waals surface area (Å²) in [5.41, 5.74) is 2.55. The van der Waals surface area contributed by atoms with E-state index in [4.69, 9.17) is 16.1 Å². The third kappa shape index (κ3) is 4.20. The zero-order valence-corrected chi connectivity index (χ0v) is 13.1. The molecule has 5 heteroatoms. The molecule has 0 saturated carbocycles. The molecule has 0 fully saturated rings. The zero-order chi connectivity index (χ0) is 16.1. The molecule has 4 nitrogen and oxygen atoms in total. The van der Waals surface area contributed by atoms with Gasteiger partial charge in [0.25, 0.3) is 0 Å². The minimum absolute atomic E-state index is 0.0488. The van der Waals surface area contributed by atoms with Gasteiger partial charge in [-0.05, 0) is 29.8 Å². The molecule has 0 spiro atoms. The predicted octanol–water partition coefficient (Wildman–Crippen LogP) is 3.85. The van der Waals surface area contributed by atoms with Gasteiger partial charge in [-0.25, -0.2) is 0 Å². The number of halogens is 1. The highest BCUT2D eigenvalue weighted by molar-refractivity contribution is 6.30. The van der Waals surface area contributed by atoms with Crippen molar-refractivity contribution in [3.05, 3.63) is 76.9 Å². The van der Waals surface area contributed by atoms with Gasteiger partial charge in [-0.2, -0.15) is 0 Å². The standard InChI is InChI=1S/C18H15ClN2O2/c19-15-8-6-14(7-9-15)17-11-16(21-23-17)12-20-18(22)10-13-4-2-1-3-5-13/h1-9,11H,10,12H2,(H,20,22). The summed E-state index contributed by atoms with van der Waals surface area (Å²) >= 11 is 5.86. The van der Waals surface area contributed by atoms with E-state index in [-0.39, 0.29) is 5.91 Å². The third-order valence-corrected chi connectivity index (χ3v) is 3.61. The van der Waals surface area contributed by atoms with Crippen LogP contribution in [-0.4, -0.2) is 11.1 Å². The maximum absolute atomic E-state index is 11.9. The van der Waals surface area contributed by atoms with E-state index in [9.17, 15) is 4.79 Å². The van der Waals surface area contributed by atoms with Crippen molar-refractivity contribution in [2.75, 3.05) is 0 Å². The lowest BCUT2D eigenvalue weighted by Crippen LogP contribution is -2.24. The number of amides is 1. The van der Waals surface area contributed by atoms with Crippen LogP contribution in [0.2, 0.25) is 5.02 Å². The van der Waals surface area contributed by atoms with Crippen molar-refractivity contribution in [1.82, 2.24) is 10.5 Å². The largest absolute Gasteiger partial charge is 0.356 e. The Hall–Kier alpha value is -2.59. The number of carbonyl (C=O) groups is 1. The Kier molecular flexibility index (Phi) is 4.74. The normalized spacial score (nSPS) is 10.5. The van der Waals surface area contributed by atoms with Crippen molar-refractivity contribution in [2.45, 2.75) is 13.0 Å². The zero-order valence-electron chi connectivity index (χ0n) is 12.3. The number of nitrogens with one attached hydrogen (secondary N) is 1. The number of carbonyl (C=O) groups excluding carboxylic acids is 1. The highest BCUT2D eigenvalue weighted by Crippen LogP contribution is 2.22. The molecule has 1 amide bonds. The highest BCUT2D eigenvalue weighted by atomic mass is 35.5. The molecular formula is C18H15ClN2O2. The smallest absolute Gasteiger partial charge is 0.224 e. The average molecular weight is 327 g/mol. The van der Waals surface area contributed by atoms with Gasteiger partial charge in [-0.15, -0.1) is 0 Å². The van der Waals surface area contributed by atoms with Crippen LogP contribution < -0.4 is 5.32 Å². The maximum atomic E-state index is 11.9. The Labute approximate surface area is 139 Å². The molecule has 0 bridgehead atoms. The van der Waals surface area contributed by atoms with E-state index in [1.807, 2.05) is 48.5 Å². The number of benzene rings is 2. The molecule has 0 radical (unpaired) electrons. The molecule has 116 valence electrons. The first-order valence-corrected chi connectivity index (χ1v) is 7.60. The first kappa shape index (κ1) is 15.3.